The van der Waals surface area contributed by atoms with Gasteiger partial charge in [-0.15, -0.1) is 0 Å². The van der Waals surface area contributed by atoms with Crippen molar-refractivity contribution in [3.05, 3.63) is 71.3 Å². The average molecular weight is 247 g/mol. The van der Waals surface area contributed by atoms with Crippen LogP contribution in [0.15, 0.2) is 48.5 Å². The van der Waals surface area contributed by atoms with Crippen LogP contribution in [0.25, 0.3) is 0 Å². The number of benzene rings is 2. The second kappa shape index (κ2) is 4.86. The van der Waals surface area contributed by atoms with Gasteiger partial charge in [-0.2, -0.15) is 0 Å². The topological polar surface area (TPSA) is 26.0 Å². The van der Waals surface area contributed by atoms with Crippen molar-refractivity contribution in [2.24, 2.45) is 5.73 Å². The minimum Gasteiger partial charge on any atom is -0.321 e. The van der Waals surface area contributed by atoms with Crippen molar-refractivity contribution in [2.45, 2.75) is 18.9 Å². The summed E-state index contributed by atoms with van der Waals surface area (Å²) in [6.07, 6.45) is 0.568. The molecule has 1 nitrogen and oxygen atoms in total. The Hall–Kier alpha value is -1.74. The molecule has 0 aliphatic rings. The van der Waals surface area contributed by atoms with E-state index in [1.165, 1.54) is 6.07 Å². The number of nitrogens with two attached hydrogens (primary N) is 1. The van der Waals surface area contributed by atoms with Crippen LogP contribution in [-0.4, -0.2) is 0 Å². The van der Waals surface area contributed by atoms with E-state index < -0.39 is 17.2 Å². The van der Waals surface area contributed by atoms with Crippen LogP contribution in [0, 0.1) is 11.6 Å². The third kappa shape index (κ3) is 2.74. The number of hydrogen-bond acceptors (Lipinski definition) is 1. The zero-order chi connectivity index (χ0) is 13.2. The average Bonchev–Trinajstić information content (AvgIpc) is 2.33. The zero-order valence-corrected chi connectivity index (χ0v) is 10.2. The molecule has 0 saturated heterocycles. The first-order valence-corrected chi connectivity index (χ1v) is 5.77. The van der Waals surface area contributed by atoms with Gasteiger partial charge in [0.1, 0.15) is 0 Å². The van der Waals surface area contributed by atoms with Gasteiger partial charge in [0, 0.05) is 5.54 Å². The van der Waals surface area contributed by atoms with E-state index in [4.69, 9.17) is 5.73 Å². The largest absolute Gasteiger partial charge is 0.321 e. The molecule has 1 unspecified atom stereocenters. The number of halogens is 2. The molecule has 0 radical (unpaired) electrons. The Morgan fingerprint density at radius 3 is 2.28 bits per heavy atom. The number of rotatable bonds is 3. The lowest BCUT2D eigenvalue weighted by molar-refractivity contribution is 0.471. The molecule has 1 atom stereocenters. The molecule has 18 heavy (non-hydrogen) atoms. The van der Waals surface area contributed by atoms with Gasteiger partial charge in [-0.3, -0.25) is 0 Å². The van der Waals surface area contributed by atoms with E-state index in [0.717, 1.165) is 17.7 Å². The predicted molar refractivity (Wildman–Crippen MR) is 68.0 cm³/mol. The van der Waals surface area contributed by atoms with E-state index in [1.54, 1.807) is 0 Å². The maximum atomic E-state index is 13.2. The Morgan fingerprint density at radius 1 is 1.00 bits per heavy atom. The van der Waals surface area contributed by atoms with Crippen LogP contribution in [0.1, 0.15) is 18.1 Å². The van der Waals surface area contributed by atoms with Gasteiger partial charge >= 0.3 is 0 Å². The number of hydrogen-bond donors (Lipinski definition) is 1. The van der Waals surface area contributed by atoms with Crippen molar-refractivity contribution < 1.29 is 8.78 Å². The highest BCUT2D eigenvalue weighted by Gasteiger charge is 2.22. The molecule has 0 heterocycles. The van der Waals surface area contributed by atoms with Crippen LogP contribution in [0.2, 0.25) is 0 Å². The Kier molecular flexibility index (Phi) is 3.43. The van der Waals surface area contributed by atoms with Gasteiger partial charge in [0.25, 0.3) is 0 Å². The van der Waals surface area contributed by atoms with Gasteiger partial charge in [0.05, 0.1) is 0 Å². The van der Waals surface area contributed by atoms with Gasteiger partial charge in [-0.25, -0.2) is 8.78 Å². The molecule has 2 N–H and O–H groups in total. The lowest BCUT2D eigenvalue weighted by atomic mass is 9.86. The maximum absolute atomic E-state index is 13.2. The van der Waals surface area contributed by atoms with Crippen LogP contribution >= 0.6 is 0 Å². The lowest BCUT2D eigenvalue weighted by Crippen LogP contribution is -2.35. The summed E-state index contributed by atoms with van der Waals surface area (Å²) in [6, 6.07) is 13.5. The smallest absolute Gasteiger partial charge is 0.159 e. The minimum atomic E-state index is -0.864. The molecule has 2 aromatic carbocycles. The summed E-state index contributed by atoms with van der Waals surface area (Å²) in [7, 11) is 0. The molecule has 3 heteroatoms. The molecule has 0 saturated carbocycles. The van der Waals surface area contributed by atoms with Crippen LogP contribution < -0.4 is 5.73 Å². The van der Waals surface area contributed by atoms with Crippen molar-refractivity contribution in [1.29, 1.82) is 0 Å². The summed E-state index contributed by atoms with van der Waals surface area (Å²) < 4.78 is 26.1. The quantitative estimate of drug-likeness (QED) is 0.884. The van der Waals surface area contributed by atoms with Gasteiger partial charge in [0.15, 0.2) is 11.6 Å². The van der Waals surface area contributed by atoms with E-state index in [9.17, 15) is 8.78 Å². The summed E-state index contributed by atoms with van der Waals surface area (Å²) in [5.41, 5.74) is 7.12. The Balaban J connectivity index is 2.27. The molecule has 0 amide bonds. The summed E-state index contributed by atoms with van der Waals surface area (Å²) in [4.78, 5) is 0. The summed E-state index contributed by atoms with van der Waals surface area (Å²) in [6.45, 7) is 1.81. The molecular formula is C15H15F2N. The van der Waals surface area contributed by atoms with E-state index in [1.807, 2.05) is 37.3 Å². The van der Waals surface area contributed by atoms with E-state index in [0.29, 0.717) is 12.0 Å². The van der Waals surface area contributed by atoms with Crippen LogP contribution in [0.3, 0.4) is 0 Å². The molecule has 0 spiro atoms. The predicted octanol–water partition coefficient (Wildman–Crippen LogP) is 3.38. The van der Waals surface area contributed by atoms with Gasteiger partial charge < -0.3 is 5.73 Å². The van der Waals surface area contributed by atoms with Crippen molar-refractivity contribution in [3.8, 4) is 0 Å². The molecular weight excluding hydrogens is 232 g/mol. The molecule has 0 bridgehead atoms. The lowest BCUT2D eigenvalue weighted by Gasteiger charge is -2.25. The van der Waals surface area contributed by atoms with Gasteiger partial charge in [0.2, 0.25) is 0 Å². The Labute approximate surface area is 105 Å². The highest BCUT2D eigenvalue weighted by molar-refractivity contribution is 5.28. The normalized spacial score (nSPS) is 14.2. The second-order valence-electron chi connectivity index (χ2n) is 4.71. The zero-order valence-electron chi connectivity index (χ0n) is 10.2. The summed E-state index contributed by atoms with van der Waals surface area (Å²) >= 11 is 0. The van der Waals surface area contributed by atoms with Crippen molar-refractivity contribution >= 4 is 0 Å². The van der Waals surface area contributed by atoms with E-state index in [2.05, 4.69) is 0 Å². The fourth-order valence-electron chi connectivity index (χ4n) is 1.97. The first kappa shape index (κ1) is 12.7. The minimum absolute atomic E-state index is 0.568. The summed E-state index contributed by atoms with van der Waals surface area (Å²) in [5.74, 6) is -1.72. The molecule has 0 aliphatic carbocycles. The first-order chi connectivity index (χ1) is 8.49. The van der Waals surface area contributed by atoms with E-state index >= 15 is 0 Å². The second-order valence-corrected chi connectivity index (χ2v) is 4.71. The highest BCUT2D eigenvalue weighted by Crippen LogP contribution is 2.24. The highest BCUT2D eigenvalue weighted by atomic mass is 19.2. The molecule has 0 fully saturated rings. The van der Waals surface area contributed by atoms with Crippen molar-refractivity contribution in [2.75, 3.05) is 0 Å². The van der Waals surface area contributed by atoms with Crippen molar-refractivity contribution in [1.82, 2.24) is 0 Å². The summed E-state index contributed by atoms with van der Waals surface area (Å²) in [5, 5.41) is 0. The molecule has 2 rings (SSSR count). The van der Waals surface area contributed by atoms with Crippen molar-refractivity contribution in [3.63, 3.8) is 0 Å². The Morgan fingerprint density at radius 2 is 1.67 bits per heavy atom. The molecule has 0 aromatic heterocycles. The first-order valence-electron chi connectivity index (χ1n) is 5.77. The molecule has 0 aliphatic heterocycles. The van der Waals surface area contributed by atoms with Crippen LogP contribution in [0.5, 0.6) is 0 Å². The fraction of sp³-hybridized carbons (Fsp3) is 0.200. The van der Waals surface area contributed by atoms with Crippen LogP contribution in [-0.2, 0) is 12.0 Å². The molecule has 2 aromatic rings. The standard InChI is InChI=1S/C15H15F2N/c1-15(18,10-11-5-3-2-4-6-11)12-7-8-13(16)14(17)9-12/h2-9H,10,18H2,1H3. The molecule has 94 valence electrons. The third-order valence-corrected chi connectivity index (χ3v) is 2.99. The SMILES string of the molecule is CC(N)(Cc1ccccc1)c1ccc(F)c(F)c1. The van der Waals surface area contributed by atoms with Crippen LogP contribution in [0.4, 0.5) is 8.78 Å². The monoisotopic (exact) mass is 247 g/mol. The van der Waals surface area contributed by atoms with E-state index in [-0.39, 0.29) is 0 Å². The Bertz CT molecular complexity index is 535. The van der Waals surface area contributed by atoms with Gasteiger partial charge in [-0.05, 0) is 36.6 Å². The fourth-order valence-corrected chi connectivity index (χ4v) is 1.97. The maximum Gasteiger partial charge on any atom is 0.159 e. The van der Waals surface area contributed by atoms with Gasteiger partial charge in [-0.1, -0.05) is 36.4 Å². The third-order valence-electron chi connectivity index (χ3n) is 2.99.